The SMILES string of the molecule is O=C(NCCCN1CCOCC1)NCCCn1cccn1. The lowest BCUT2D eigenvalue weighted by Crippen LogP contribution is -2.40. The number of amides is 2. The largest absolute Gasteiger partial charge is 0.379 e. The Labute approximate surface area is 125 Å². The van der Waals surface area contributed by atoms with Crippen molar-refractivity contribution in [3.63, 3.8) is 0 Å². The van der Waals surface area contributed by atoms with Crippen LogP contribution >= 0.6 is 0 Å². The average molecular weight is 295 g/mol. The lowest BCUT2D eigenvalue weighted by Gasteiger charge is -2.26. The second-order valence-corrected chi connectivity index (χ2v) is 5.11. The molecule has 2 heterocycles. The van der Waals surface area contributed by atoms with Crippen molar-refractivity contribution in [2.45, 2.75) is 19.4 Å². The minimum Gasteiger partial charge on any atom is -0.379 e. The molecule has 2 N–H and O–H groups in total. The van der Waals surface area contributed by atoms with E-state index in [1.807, 2.05) is 16.9 Å². The van der Waals surface area contributed by atoms with Crippen molar-refractivity contribution >= 4 is 6.03 Å². The van der Waals surface area contributed by atoms with Gasteiger partial charge in [-0.2, -0.15) is 5.10 Å². The molecule has 1 aliphatic rings. The highest BCUT2D eigenvalue weighted by Crippen LogP contribution is 1.97. The van der Waals surface area contributed by atoms with Crippen molar-refractivity contribution < 1.29 is 9.53 Å². The number of ether oxygens (including phenoxy) is 1. The highest BCUT2D eigenvalue weighted by atomic mass is 16.5. The second kappa shape index (κ2) is 9.36. The van der Waals surface area contributed by atoms with Crippen LogP contribution in [0.25, 0.3) is 0 Å². The molecule has 118 valence electrons. The number of hydrogen-bond donors (Lipinski definition) is 2. The Hall–Kier alpha value is -1.60. The van der Waals surface area contributed by atoms with Crippen LogP contribution in [-0.4, -0.2) is 66.6 Å². The van der Waals surface area contributed by atoms with Crippen LogP contribution in [0.5, 0.6) is 0 Å². The number of hydrogen-bond acceptors (Lipinski definition) is 4. The highest BCUT2D eigenvalue weighted by molar-refractivity contribution is 5.73. The van der Waals surface area contributed by atoms with E-state index in [1.165, 1.54) is 0 Å². The summed E-state index contributed by atoms with van der Waals surface area (Å²) < 4.78 is 7.16. The number of carbonyl (C=O) groups is 1. The third-order valence-corrected chi connectivity index (χ3v) is 3.45. The van der Waals surface area contributed by atoms with Gasteiger partial charge in [-0.15, -0.1) is 0 Å². The van der Waals surface area contributed by atoms with E-state index in [2.05, 4.69) is 20.6 Å². The Kier molecular flexibility index (Phi) is 7.03. The molecule has 2 amide bonds. The summed E-state index contributed by atoms with van der Waals surface area (Å²) in [6, 6.07) is 1.81. The Bertz CT molecular complexity index is 390. The fraction of sp³-hybridized carbons (Fsp3) is 0.714. The van der Waals surface area contributed by atoms with Crippen molar-refractivity contribution in [3.05, 3.63) is 18.5 Å². The smallest absolute Gasteiger partial charge is 0.314 e. The van der Waals surface area contributed by atoms with Crippen LogP contribution in [-0.2, 0) is 11.3 Å². The van der Waals surface area contributed by atoms with Crippen LogP contribution in [0.15, 0.2) is 18.5 Å². The number of morpholine rings is 1. The van der Waals surface area contributed by atoms with Crippen LogP contribution in [0.2, 0.25) is 0 Å². The van der Waals surface area contributed by atoms with Crippen LogP contribution < -0.4 is 10.6 Å². The minimum absolute atomic E-state index is 0.0857. The second-order valence-electron chi connectivity index (χ2n) is 5.11. The molecule has 21 heavy (non-hydrogen) atoms. The van der Waals surface area contributed by atoms with E-state index in [4.69, 9.17) is 4.74 Å². The highest BCUT2D eigenvalue weighted by Gasteiger charge is 2.09. The summed E-state index contributed by atoms with van der Waals surface area (Å²) in [6.45, 7) is 6.86. The Morgan fingerprint density at radius 1 is 1.14 bits per heavy atom. The fourth-order valence-electron chi connectivity index (χ4n) is 2.27. The van der Waals surface area contributed by atoms with Crippen molar-refractivity contribution in [2.24, 2.45) is 0 Å². The van der Waals surface area contributed by atoms with Crippen molar-refractivity contribution in [1.29, 1.82) is 0 Å². The molecule has 0 saturated carbocycles. The number of carbonyl (C=O) groups excluding carboxylic acids is 1. The molecular formula is C14H25N5O2. The Balaban J connectivity index is 1.42. The van der Waals surface area contributed by atoms with Gasteiger partial charge < -0.3 is 15.4 Å². The van der Waals surface area contributed by atoms with E-state index in [9.17, 15) is 4.79 Å². The molecule has 7 nitrogen and oxygen atoms in total. The van der Waals surface area contributed by atoms with Gasteiger partial charge in [0.2, 0.25) is 0 Å². The predicted molar refractivity (Wildman–Crippen MR) is 80.1 cm³/mol. The third kappa shape index (κ3) is 6.59. The van der Waals surface area contributed by atoms with E-state index in [-0.39, 0.29) is 6.03 Å². The molecule has 2 rings (SSSR count). The van der Waals surface area contributed by atoms with Gasteiger partial charge in [-0.1, -0.05) is 0 Å². The van der Waals surface area contributed by atoms with E-state index >= 15 is 0 Å². The molecule has 0 radical (unpaired) electrons. The lowest BCUT2D eigenvalue weighted by atomic mass is 10.3. The van der Waals surface area contributed by atoms with Gasteiger partial charge in [0, 0.05) is 45.1 Å². The summed E-state index contributed by atoms with van der Waals surface area (Å²) in [7, 11) is 0. The maximum absolute atomic E-state index is 11.6. The molecule has 1 fully saturated rings. The first kappa shape index (κ1) is 15.8. The molecule has 0 atom stereocenters. The molecule has 1 aromatic rings. The van der Waals surface area contributed by atoms with Crippen LogP contribution in [0, 0.1) is 0 Å². The number of aromatic nitrogens is 2. The molecule has 0 spiro atoms. The zero-order chi connectivity index (χ0) is 14.8. The van der Waals surface area contributed by atoms with Gasteiger partial charge >= 0.3 is 6.03 Å². The van der Waals surface area contributed by atoms with Gasteiger partial charge in [-0.25, -0.2) is 4.79 Å². The summed E-state index contributed by atoms with van der Waals surface area (Å²) in [6.07, 6.45) is 5.53. The normalized spacial score (nSPS) is 15.8. The lowest BCUT2D eigenvalue weighted by molar-refractivity contribution is 0.0375. The third-order valence-electron chi connectivity index (χ3n) is 3.45. The summed E-state index contributed by atoms with van der Waals surface area (Å²) in [5.74, 6) is 0. The van der Waals surface area contributed by atoms with E-state index < -0.39 is 0 Å². The van der Waals surface area contributed by atoms with E-state index in [0.29, 0.717) is 13.1 Å². The zero-order valence-corrected chi connectivity index (χ0v) is 12.5. The Morgan fingerprint density at radius 2 is 1.86 bits per heavy atom. The van der Waals surface area contributed by atoms with Gasteiger partial charge in [0.15, 0.2) is 0 Å². The standard InChI is InChI=1S/C14H25N5O2/c20-14(16-5-2-8-19-9-3-6-17-19)15-4-1-7-18-10-12-21-13-11-18/h3,6,9H,1-2,4-5,7-8,10-13H2,(H2,15,16,20). The molecule has 1 aromatic heterocycles. The van der Waals surface area contributed by atoms with Gasteiger partial charge in [0.05, 0.1) is 13.2 Å². The first-order chi connectivity index (χ1) is 10.3. The predicted octanol–water partition coefficient (Wildman–Crippen LogP) is 0.295. The molecule has 1 saturated heterocycles. The molecule has 0 aromatic carbocycles. The number of rotatable bonds is 8. The summed E-state index contributed by atoms with van der Waals surface area (Å²) >= 11 is 0. The number of nitrogens with one attached hydrogen (secondary N) is 2. The van der Waals surface area contributed by atoms with Crippen molar-refractivity contribution in [1.82, 2.24) is 25.3 Å². The van der Waals surface area contributed by atoms with E-state index in [1.54, 1.807) is 6.20 Å². The molecule has 1 aliphatic heterocycles. The van der Waals surface area contributed by atoms with Gasteiger partial charge in [-0.05, 0) is 25.5 Å². The molecular weight excluding hydrogens is 270 g/mol. The molecule has 0 aliphatic carbocycles. The van der Waals surface area contributed by atoms with Crippen LogP contribution in [0.3, 0.4) is 0 Å². The maximum atomic E-state index is 11.6. The van der Waals surface area contributed by atoms with Crippen molar-refractivity contribution in [3.8, 4) is 0 Å². The number of nitrogens with zero attached hydrogens (tertiary/aromatic N) is 3. The first-order valence-corrected chi connectivity index (χ1v) is 7.64. The van der Waals surface area contributed by atoms with Crippen molar-refractivity contribution in [2.75, 3.05) is 45.9 Å². The molecule has 0 unspecified atom stereocenters. The minimum atomic E-state index is -0.0857. The van der Waals surface area contributed by atoms with Crippen LogP contribution in [0.1, 0.15) is 12.8 Å². The zero-order valence-electron chi connectivity index (χ0n) is 12.5. The van der Waals surface area contributed by atoms with Gasteiger partial charge in [-0.3, -0.25) is 9.58 Å². The van der Waals surface area contributed by atoms with Crippen LogP contribution in [0.4, 0.5) is 4.79 Å². The summed E-state index contributed by atoms with van der Waals surface area (Å²) in [5.41, 5.74) is 0. The Morgan fingerprint density at radius 3 is 2.52 bits per heavy atom. The fourth-order valence-corrected chi connectivity index (χ4v) is 2.27. The maximum Gasteiger partial charge on any atom is 0.314 e. The quantitative estimate of drug-likeness (QED) is 0.677. The number of urea groups is 1. The average Bonchev–Trinajstić information content (AvgIpc) is 3.02. The summed E-state index contributed by atoms with van der Waals surface area (Å²) in [4.78, 5) is 13.9. The first-order valence-electron chi connectivity index (χ1n) is 7.64. The number of aryl methyl sites for hydroxylation is 1. The monoisotopic (exact) mass is 295 g/mol. The summed E-state index contributed by atoms with van der Waals surface area (Å²) in [5, 5.41) is 9.86. The van der Waals surface area contributed by atoms with Gasteiger partial charge in [0.25, 0.3) is 0 Å². The topological polar surface area (TPSA) is 71.4 Å². The molecule has 0 bridgehead atoms. The molecule has 7 heteroatoms. The van der Waals surface area contributed by atoms with E-state index in [0.717, 1.165) is 52.2 Å². The van der Waals surface area contributed by atoms with Gasteiger partial charge in [0.1, 0.15) is 0 Å².